The van der Waals surface area contributed by atoms with Crippen LogP contribution in [0.3, 0.4) is 0 Å². The van der Waals surface area contributed by atoms with E-state index in [0.29, 0.717) is 62.6 Å². The molecule has 0 saturated carbocycles. The number of piperazine rings is 1. The second kappa shape index (κ2) is 9.27. The fourth-order valence-electron chi connectivity index (χ4n) is 5.05. The fourth-order valence-corrected chi connectivity index (χ4v) is 6.63. The summed E-state index contributed by atoms with van der Waals surface area (Å²) >= 11 is 0. The number of nitrogens with zero attached hydrogens (tertiary/aromatic N) is 5. The minimum atomic E-state index is -3.53. The highest BCUT2D eigenvalue weighted by molar-refractivity contribution is 7.93. The number of amides is 2. The van der Waals surface area contributed by atoms with E-state index in [-0.39, 0.29) is 18.3 Å². The zero-order chi connectivity index (χ0) is 25.6. The molecule has 3 fully saturated rings. The third-order valence-electron chi connectivity index (χ3n) is 7.15. The molecule has 0 atom stereocenters. The van der Waals surface area contributed by atoms with Crippen LogP contribution in [-0.4, -0.2) is 81.9 Å². The SMILES string of the molecule is Cc1cc(C)c(N2CCN(C(=O)c3ccc(N4CCOC4=O)cc3N3CCCS3(=O)=O)CC2)nc1C. The topological polar surface area (TPSA) is 103 Å². The van der Waals surface area contributed by atoms with Crippen LogP contribution in [0.4, 0.5) is 22.0 Å². The Balaban J connectivity index is 1.40. The minimum Gasteiger partial charge on any atom is -0.447 e. The average Bonchev–Trinajstić information content (AvgIpc) is 3.45. The van der Waals surface area contributed by atoms with Crippen LogP contribution >= 0.6 is 0 Å². The van der Waals surface area contributed by atoms with Crippen molar-refractivity contribution in [1.29, 1.82) is 0 Å². The summed E-state index contributed by atoms with van der Waals surface area (Å²) in [7, 11) is -3.53. The monoisotopic (exact) mass is 513 g/mol. The first-order chi connectivity index (χ1) is 17.2. The van der Waals surface area contributed by atoms with Crippen LogP contribution in [0.2, 0.25) is 0 Å². The number of carbonyl (C=O) groups is 2. The first-order valence-electron chi connectivity index (χ1n) is 12.2. The van der Waals surface area contributed by atoms with E-state index < -0.39 is 16.1 Å². The van der Waals surface area contributed by atoms with Crippen molar-refractivity contribution in [2.24, 2.45) is 0 Å². The summed E-state index contributed by atoms with van der Waals surface area (Å²) < 4.78 is 31.9. The van der Waals surface area contributed by atoms with Gasteiger partial charge in [-0.1, -0.05) is 6.07 Å². The van der Waals surface area contributed by atoms with Crippen molar-refractivity contribution in [2.45, 2.75) is 27.2 Å². The lowest BCUT2D eigenvalue weighted by Gasteiger charge is -2.37. The highest BCUT2D eigenvalue weighted by Gasteiger charge is 2.35. The van der Waals surface area contributed by atoms with Gasteiger partial charge in [-0.3, -0.25) is 14.0 Å². The lowest BCUT2D eigenvalue weighted by atomic mass is 10.1. The summed E-state index contributed by atoms with van der Waals surface area (Å²) in [4.78, 5) is 35.9. The molecule has 0 unspecified atom stereocenters. The molecule has 11 heteroatoms. The van der Waals surface area contributed by atoms with Gasteiger partial charge in [-0.15, -0.1) is 0 Å². The first kappa shape index (κ1) is 24.4. The number of carbonyl (C=O) groups excluding carboxylic acids is 2. The van der Waals surface area contributed by atoms with Gasteiger partial charge in [0.2, 0.25) is 10.0 Å². The molecule has 5 rings (SSSR count). The summed E-state index contributed by atoms with van der Waals surface area (Å²) in [5, 5.41) is 0. The molecular formula is C25H31N5O5S. The number of rotatable bonds is 4. The molecule has 36 heavy (non-hydrogen) atoms. The van der Waals surface area contributed by atoms with Crippen molar-refractivity contribution >= 4 is 39.2 Å². The van der Waals surface area contributed by atoms with Crippen molar-refractivity contribution in [3.63, 3.8) is 0 Å². The van der Waals surface area contributed by atoms with Crippen LogP contribution in [0.15, 0.2) is 24.3 Å². The molecule has 1 aromatic heterocycles. The molecule has 0 bridgehead atoms. The molecule has 3 saturated heterocycles. The quantitative estimate of drug-likeness (QED) is 0.619. The van der Waals surface area contributed by atoms with E-state index in [9.17, 15) is 18.0 Å². The van der Waals surface area contributed by atoms with E-state index in [1.807, 2.05) is 20.8 Å². The van der Waals surface area contributed by atoms with Crippen molar-refractivity contribution in [3.05, 3.63) is 46.6 Å². The van der Waals surface area contributed by atoms with Gasteiger partial charge in [0.25, 0.3) is 5.91 Å². The van der Waals surface area contributed by atoms with E-state index in [1.165, 1.54) is 9.21 Å². The maximum absolute atomic E-state index is 13.7. The van der Waals surface area contributed by atoms with Gasteiger partial charge in [0.05, 0.1) is 23.5 Å². The van der Waals surface area contributed by atoms with Gasteiger partial charge in [-0.2, -0.15) is 0 Å². The van der Waals surface area contributed by atoms with Crippen LogP contribution in [-0.2, 0) is 14.8 Å². The Kier molecular flexibility index (Phi) is 6.27. The normalized spacial score (nSPS) is 19.7. The van der Waals surface area contributed by atoms with Gasteiger partial charge in [0.1, 0.15) is 12.4 Å². The Labute approximate surface area is 211 Å². The van der Waals surface area contributed by atoms with E-state index in [1.54, 1.807) is 23.1 Å². The van der Waals surface area contributed by atoms with Gasteiger partial charge in [-0.05, 0) is 56.5 Å². The number of hydrogen-bond donors (Lipinski definition) is 0. The summed E-state index contributed by atoms with van der Waals surface area (Å²) in [5.41, 5.74) is 4.42. The Bertz CT molecular complexity index is 1320. The summed E-state index contributed by atoms with van der Waals surface area (Å²) in [6.07, 6.45) is 0.0168. The Morgan fingerprint density at radius 1 is 0.972 bits per heavy atom. The fraction of sp³-hybridized carbons (Fsp3) is 0.480. The van der Waals surface area contributed by atoms with E-state index in [2.05, 4.69) is 11.0 Å². The van der Waals surface area contributed by atoms with Crippen molar-refractivity contribution in [2.75, 3.05) is 65.7 Å². The number of anilines is 3. The van der Waals surface area contributed by atoms with Crippen molar-refractivity contribution < 1.29 is 22.7 Å². The number of sulfonamides is 1. The van der Waals surface area contributed by atoms with Crippen molar-refractivity contribution in [3.8, 4) is 0 Å². The van der Waals surface area contributed by atoms with Crippen LogP contribution in [0, 0.1) is 20.8 Å². The molecule has 3 aliphatic rings. The maximum atomic E-state index is 13.7. The third kappa shape index (κ3) is 4.36. The van der Waals surface area contributed by atoms with Gasteiger partial charge in [0.15, 0.2) is 0 Å². The molecule has 2 aromatic rings. The largest absolute Gasteiger partial charge is 0.447 e. The van der Waals surface area contributed by atoms with Gasteiger partial charge in [-0.25, -0.2) is 18.2 Å². The molecule has 4 heterocycles. The second-order valence-corrected chi connectivity index (χ2v) is 11.5. The molecule has 3 aliphatic heterocycles. The predicted octanol–water partition coefficient (Wildman–Crippen LogP) is 2.47. The van der Waals surface area contributed by atoms with Crippen LogP contribution < -0.4 is 14.1 Å². The van der Waals surface area contributed by atoms with E-state index >= 15 is 0 Å². The van der Waals surface area contributed by atoms with Crippen LogP contribution in [0.1, 0.15) is 33.6 Å². The first-order valence-corrected chi connectivity index (χ1v) is 13.8. The number of aryl methyl sites for hydroxylation is 3. The summed E-state index contributed by atoms with van der Waals surface area (Å²) in [6.45, 7) is 9.33. The Hall–Kier alpha value is -3.34. The highest BCUT2D eigenvalue weighted by atomic mass is 32.2. The number of cyclic esters (lactones) is 1. The average molecular weight is 514 g/mol. The molecule has 192 valence electrons. The number of pyridine rings is 1. The van der Waals surface area contributed by atoms with Crippen molar-refractivity contribution in [1.82, 2.24) is 9.88 Å². The Morgan fingerprint density at radius 2 is 1.72 bits per heavy atom. The zero-order valence-electron chi connectivity index (χ0n) is 20.9. The molecular weight excluding hydrogens is 482 g/mol. The Morgan fingerprint density at radius 3 is 2.36 bits per heavy atom. The number of aromatic nitrogens is 1. The minimum absolute atomic E-state index is 0.0393. The molecule has 2 amide bonds. The second-order valence-electron chi connectivity index (χ2n) is 9.52. The number of ether oxygens (including phenoxy) is 1. The molecule has 0 aliphatic carbocycles. The number of hydrogen-bond acceptors (Lipinski definition) is 7. The number of benzene rings is 1. The summed E-state index contributed by atoms with van der Waals surface area (Å²) in [6, 6.07) is 7.08. The van der Waals surface area contributed by atoms with Gasteiger partial charge < -0.3 is 14.5 Å². The molecule has 0 N–H and O–H groups in total. The predicted molar refractivity (Wildman–Crippen MR) is 137 cm³/mol. The molecule has 0 radical (unpaired) electrons. The molecule has 0 spiro atoms. The highest BCUT2D eigenvalue weighted by Crippen LogP contribution is 2.34. The zero-order valence-corrected chi connectivity index (χ0v) is 21.7. The smallest absolute Gasteiger partial charge is 0.414 e. The summed E-state index contributed by atoms with van der Waals surface area (Å²) in [5.74, 6) is 0.764. The van der Waals surface area contributed by atoms with Gasteiger partial charge in [0, 0.05) is 44.1 Å². The molecule has 10 nitrogen and oxygen atoms in total. The van der Waals surface area contributed by atoms with E-state index in [4.69, 9.17) is 9.72 Å². The molecule has 1 aromatic carbocycles. The lowest BCUT2D eigenvalue weighted by molar-refractivity contribution is 0.0747. The maximum Gasteiger partial charge on any atom is 0.414 e. The van der Waals surface area contributed by atoms with Gasteiger partial charge >= 0.3 is 6.09 Å². The van der Waals surface area contributed by atoms with E-state index in [0.717, 1.165) is 22.6 Å². The van der Waals surface area contributed by atoms with Crippen LogP contribution in [0.5, 0.6) is 0 Å². The lowest BCUT2D eigenvalue weighted by Crippen LogP contribution is -2.49. The standard InChI is InChI=1S/C25H31N5O5S/c1-17-15-18(2)23(26-19(17)3)27-8-10-28(11-9-27)24(31)21-6-5-20(29-12-13-35-25(29)32)16-22(21)30-7-4-14-36(30,33)34/h5-6,15-16H,4,7-14H2,1-3H3. The third-order valence-corrected chi connectivity index (χ3v) is 9.00. The van der Waals surface area contributed by atoms with Crippen LogP contribution in [0.25, 0.3) is 0 Å².